The van der Waals surface area contributed by atoms with Crippen molar-refractivity contribution in [2.24, 2.45) is 0 Å². The van der Waals surface area contributed by atoms with Crippen LogP contribution in [0.3, 0.4) is 0 Å². The van der Waals surface area contributed by atoms with Crippen molar-refractivity contribution in [2.75, 3.05) is 24.5 Å². The molecule has 2 fully saturated rings. The Balaban J connectivity index is 1.36. The summed E-state index contributed by atoms with van der Waals surface area (Å²) in [6.45, 7) is 6.05. The number of amides is 2. The summed E-state index contributed by atoms with van der Waals surface area (Å²) in [5.41, 5.74) is -0.0348. The molecule has 0 saturated carbocycles. The fourth-order valence-corrected chi connectivity index (χ4v) is 5.00. The normalized spacial score (nSPS) is 20.0. The molecule has 1 unspecified atom stereocenters. The maximum Gasteiger partial charge on any atom is 0.410 e. The topological polar surface area (TPSA) is 109 Å². The summed E-state index contributed by atoms with van der Waals surface area (Å²) in [6, 6.07) is 3.80. The highest BCUT2D eigenvalue weighted by Gasteiger charge is 2.34. The van der Waals surface area contributed by atoms with Crippen LogP contribution in [0, 0.1) is 11.6 Å². The van der Waals surface area contributed by atoms with E-state index in [-0.39, 0.29) is 42.1 Å². The second kappa shape index (κ2) is 10.2. The van der Waals surface area contributed by atoms with E-state index in [9.17, 15) is 23.2 Å². The number of hydrogen-bond acceptors (Lipinski definition) is 7. The van der Waals surface area contributed by atoms with Crippen molar-refractivity contribution >= 4 is 29.2 Å². The lowest BCUT2D eigenvalue weighted by atomic mass is 10.0. The van der Waals surface area contributed by atoms with Gasteiger partial charge in [-0.1, -0.05) is 0 Å². The van der Waals surface area contributed by atoms with Gasteiger partial charge < -0.3 is 19.9 Å². The van der Waals surface area contributed by atoms with Crippen molar-refractivity contribution in [1.29, 1.82) is 0 Å². The van der Waals surface area contributed by atoms with Gasteiger partial charge in [-0.3, -0.25) is 9.59 Å². The molecule has 2 aliphatic heterocycles. The molecule has 2 atom stereocenters. The van der Waals surface area contributed by atoms with Crippen LogP contribution in [0.2, 0.25) is 0 Å². The third kappa shape index (κ3) is 5.55. The Hall–Kier alpha value is -4.09. The van der Waals surface area contributed by atoms with E-state index in [1.54, 1.807) is 33.0 Å². The number of piperidine rings is 1. The predicted octanol–water partition coefficient (Wildman–Crippen LogP) is 3.66. The van der Waals surface area contributed by atoms with Crippen LogP contribution in [0.15, 0.2) is 36.7 Å². The summed E-state index contributed by atoms with van der Waals surface area (Å²) in [5, 5.41) is 6.91. The minimum atomic E-state index is -0.907. The van der Waals surface area contributed by atoms with Crippen LogP contribution in [0.4, 0.5) is 19.4 Å². The molecule has 0 spiro atoms. The number of Topliss-reactive ketones (excluding diaryl/α,β-unsaturated/α-hetero) is 1. The molecule has 10 nitrogen and oxygen atoms in total. The molecule has 12 heteroatoms. The van der Waals surface area contributed by atoms with Gasteiger partial charge in [-0.2, -0.15) is 5.10 Å². The summed E-state index contributed by atoms with van der Waals surface area (Å²) in [4.78, 5) is 46.2. The first-order chi connectivity index (χ1) is 18.5. The zero-order valence-electron chi connectivity index (χ0n) is 22.0. The van der Waals surface area contributed by atoms with Crippen molar-refractivity contribution in [3.8, 4) is 0 Å². The maximum absolute atomic E-state index is 14.6. The lowest BCUT2D eigenvalue weighted by Gasteiger charge is -2.33. The molecule has 3 aromatic rings. The van der Waals surface area contributed by atoms with Gasteiger partial charge in [0.1, 0.15) is 34.7 Å². The minimum absolute atomic E-state index is 0.00790. The number of likely N-dealkylation sites (tertiary alicyclic amines) is 1. The van der Waals surface area contributed by atoms with Gasteiger partial charge >= 0.3 is 6.09 Å². The van der Waals surface area contributed by atoms with E-state index in [0.717, 1.165) is 18.6 Å². The molecule has 39 heavy (non-hydrogen) atoms. The Labute approximate surface area is 223 Å². The van der Waals surface area contributed by atoms with Gasteiger partial charge in [-0.05, 0) is 57.9 Å². The number of carbonyl (C=O) groups is 3. The quantitative estimate of drug-likeness (QED) is 0.538. The van der Waals surface area contributed by atoms with Crippen LogP contribution in [-0.4, -0.2) is 68.6 Å². The van der Waals surface area contributed by atoms with Crippen LogP contribution in [0.1, 0.15) is 62.0 Å². The highest BCUT2D eigenvalue weighted by Crippen LogP contribution is 2.37. The van der Waals surface area contributed by atoms with E-state index < -0.39 is 41.3 Å². The fraction of sp³-hybridized carbons (Fsp3) is 0.444. The van der Waals surface area contributed by atoms with E-state index >= 15 is 0 Å². The molecule has 2 amide bonds. The predicted molar refractivity (Wildman–Crippen MR) is 137 cm³/mol. The minimum Gasteiger partial charge on any atom is -0.444 e. The van der Waals surface area contributed by atoms with Gasteiger partial charge in [0.15, 0.2) is 11.4 Å². The van der Waals surface area contributed by atoms with Crippen molar-refractivity contribution in [2.45, 2.75) is 57.7 Å². The van der Waals surface area contributed by atoms with Crippen molar-refractivity contribution in [3.05, 3.63) is 59.4 Å². The van der Waals surface area contributed by atoms with E-state index in [2.05, 4.69) is 15.4 Å². The van der Waals surface area contributed by atoms with Crippen molar-refractivity contribution in [3.63, 3.8) is 0 Å². The second-order valence-electron chi connectivity index (χ2n) is 10.8. The fourth-order valence-electron chi connectivity index (χ4n) is 5.00. The van der Waals surface area contributed by atoms with Gasteiger partial charge in [0.05, 0.1) is 18.8 Å². The summed E-state index contributed by atoms with van der Waals surface area (Å²) >= 11 is 0. The maximum atomic E-state index is 14.6. The molecule has 206 valence electrons. The average Bonchev–Trinajstić information content (AvgIpc) is 3.52. The molecule has 2 aliphatic rings. The summed E-state index contributed by atoms with van der Waals surface area (Å²) in [6.07, 6.45) is 3.92. The number of rotatable bonds is 4. The largest absolute Gasteiger partial charge is 0.444 e. The SMILES string of the molecule is CC(C)(C)OC(=O)N1CCC(=O)C(NC(=O)c2cnn3ccc(N4CCC[C@@H]4c4cc(F)ccc4F)nc23)C1. The monoisotopic (exact) mass is 540 g/mol. The Morgan fingerprint density at radius 1 is 1.15 bits per heavy atom. The third-order valence-electron chi connectivity index (χ3n) is 6.84. The lowest BCUT2D eigenvalue weighted by molar-refractivity contribution is -0.123. The van der Waals surface area contributed by atoms with Gasteiger partial charge in [0.2, 0.25) is 0 Å². The van der Waals surface area contributed by atoms with Gasteiger partial charge in [0.25, 0.3) is 5.91 Å². The number of anilines is 1. The van der Waals surface area contributed by atoms with Crippen LogP contribution in [-0.2, 0) is 9.53 Å². The number of ketones is 1. The van der Waals surface area contributed by atoms with Crippen molar-refractivity contribution < 1.29 is 27.9 Å². The molecule has 2 aromatic heterocycles. The number of aromatic nitrogens is 3. The molecular weight excluding hydrogens is 510 g/mol. The van der Waals surface area contributed by atoms with E-state index in [1.165, 1.54) is 21.7 Å². The number of nitrogens with zero attached hydrogens (tertiary/aromatic N) is 5. The summed E-state index contributed by atoms with van der Waals surface area (Å²) < 4.78 is 35.3. The molecule has 1 aromatic carbocycles. The molecule has 0 aliphatic carbocycles. The van der Waals surface area contributed by atoms with E-state index in [4.69, 9.17) is 4.74 Å². The van der Waals surface area contributed by atoms with E-state index in [0.29, 0.717) is 18.8 Å². The zero-order chi connectivity index (χ0) is 27.9. The Bertz CT molecular complexity index is 1440. The summed E-state index contributed by atoms with van der Waals surface area (Å²) in [7, 11) is 0. The van der Waals surface area contributed by atoms with Crippen LogP contribution < -0.4 is 10.2 Å². The van der Waals surface area contributed by atoms with Gasteiger partial charge in [-0.15, -0.1) is 0 Å². The van der Waals surface area contributed by atoms with Crippen LogP contribution >= 0.6 is 0 Å². The third-order valence-corrected chi connectivity index (χ3v) is 6.84. The highest BCUT2D eigenvalue weighted by molar-refractivity contribution is 6.02. The Morgan fingerprint density at radius 3 is 2.72 bits per heavy atom. The molecule has 4 heterocycles. The Morgan fingerprint density at radius 2 is 1.95 bits per heavy atom. The first kappa shape index (κ1) is 26.5. The number of ether oxygens (including phenoxy) is 1. The van der Waals surface area contributed by atoms with Crippen LogP contribution in [0.25, 0.3) is 5.65 Å². The summed E-state index contributed by atoms with van der Waals surface area (Å²) in [5.74, 6) is -1.26. The average molecular weight is 541 g/mol. The van der Waals surface area contributed by atoms with Gasteiger partial charge in [-0.25, -0.2) is 23.1 Å². The van der Waals surface area contributed by atoms with Gasteiger partial charge in [0, 0.05) is 31.3 Å². The first-order valence-electron chi connectivity index (χ1n) is 12.9. The molecular formula is C27H30F2N6O4. The number of hydrogen-bond donors (Lipinski definition) is 1. The Kier molecular flexibility index (Phi) is 6.96. The standard InChI is InChI=1S/C27H30F2N6O4/c1-27(2,3)39-26(38)33-11-8-22(36)20(15-33)31-25(37)18-14-30-35-12-9-23(32-24(18)35)34-10-4-5-21(34)17-13-16(28)6-7-19(17)29/h6-7,9,12-14,20-21H,4-5,8,10-11,15H2,1-3H3,(H,31,37)/t20?,21-/m1/s1. The van der Waals surface area contributed by atoms with E-state index in [1.807, 2.05) is 4.90 Å². The highest BCUT2D eigenvalue weighted by atomic mass is 19.1. The smallest absolute Gasteiger partial charge is 0.410 e. The zero-order valence-corrected chi connectivity index (χ0v) is 22.0. The molecule has 1 N–H and O–H groups in total. The number of fused-ring (bicyclic) bond motifs is 1. The lowest BCUT2D eigenvalue weighted by Crippen LogP contribution is -2.55. The van der Waals surface area contributed by atoms with Crippen LogP contribution in [0.5, 0.6) is 0 Å². The van der Waals surface area contributed by atoms with Crippen molar-refractivity contribution in [1.82, 2.24) is 24.8 Å². The number of halogens is 2. The first-order valence-corrected chi connectivity index (χ1v) is 12.9. The number of carbonyl (C=O) groups excluding carboxylic acids is 3. The second-order valence-corrected chi connectivity index (χ2v) is 10.8. The molecule has 0 bridgehead atoms. The molecule has 5 rings (SSSR count). The number of benzene rings is 1. The molecule has 2 saturated heterocycles. The molecule has 0 radical (unpaired) electrons. The number of nitrogens with one attached hydrogen (secondary N) is 1.